The van der Waals surface area contributed by atoms with Crippen molar-refractivity contribution in [3.05, 3.63) is 29.3 Å². The van der Waals surface area contributed by atoms with Crippen molar-refractivity contribution in [1.29, 1.82) is 0 Å². The Hall–Kier alpha value is -0.350. The minimum Gasteiger partial charge on any atom is -0.462 e. The molecule has 0 aromatic heterocycles. The Labute approximate surface area is 138 Å². The Balaban J connectivity index is 3.20. The van der Waals surface area contributed by atoms with Crippen molar-refractivity contribution in [2.24, 2.45) is 0 Å². The molecule has 0 saturated heterocycles. The lowest BCUT2D eigenvalue weighted by molar-refractivity contribution is -0.154. The molecule has 0 spiro atoms. The molecule has 20 heavy (non-hydrogen) atoms. The predicted molar refractivity (Wildman–Crippen MR) is 82.1 cm³/mol. The van der Waals surface area contributed by atoms with Gasteiger partial charge in [0, 0.05) is 0 Å². The summed E-state index contributed by atoms with van der Waals surface area (Å²) in [6.07, 6.45) is 0. The first-order valence-electron chi connectivity index (χ1n) is 5.81. The van der Waals surface area contributed by atoms with Crippen molar-refractivity contribution in [1.82, 2.24) is 0 Å². The normalized spacial score (nSPS) is 14.6. The fourth-order valence-corrected chi connectivity index (χ4v) is 1.91. The molecule has 1 aromatic rings. The first-order chi connectivity index (χ1) is 9.13. The maximum atomic E-state index is 12.0. The number of hydrogen-bond acceptors (Lipinski definition) is 3. The van der Waals surface area contributed by atoms with E-state index in [1.54, 1.807) is 19.1 Å². The topological polar surface area (TPSA) is 35.5 Å². The molecule has 0 N–H and O–H groups in total. The van der Waals surface area contributed by atoms with E-state index in [0.717, 1.165) is 11.1 Å². The zero-order valence-corrected chi connectivity index (χ0v) is 14.2. The molecule has 0 aliphatic heterocycles. The molecule has 0 aliphatic carbocycles. The van der Waals surface area contributed by atoms with E-state index in [4.69, 9.17) is 55.9 Å². The molecule has 112 valence electrons. The second-order valence-corrected chi connectivity index (χ2v) is 6.93. The van der Waals surface area contributed by atoms with Gasteiger partial charge in [0.25, 0.3) is 3.79 Å². The maximum absolute atomic E-state index is 12.0. The second kappa shape index (κ2) is 6.61. The molecule has 1 rings (SSSR count). The summed E-state index contributed by atoms with van der Waals surface area (Å²) in [7, 11) is 0. The molecule has 0 fully saturated rings. The molecule has 1 aromatic carbocycles. The number of benzene rings is 1. The summed E-state index contributed by atoms with van der Waals surface area (Å²) in [5.74, 6) is -0.609. The Morgan fingerprint density at radius 3 is 2.30 bits per heavy atom. The molecule has 0 bridgehead atoms. The van der Waals surface area contributed by atoms with E-state index in [0.29, 0.717) is 5.75 Å². The van der Waals surface area contributed by atoms with Crippen LogP contribution in [0.3, 0.4) is 0 Å². The van der Waals surface area contributed by atoms with Crippen LogP contribution in [0, 0.1) is 13.8 Å². The molecule has 1 atom stereocenters. The number of rotatable bonds is 4. The fourth-order valence-electron chi connectivity index (χ4n) is 1.43. The van der Waals surface area contributed by atoms with Crippen molar-refractivity contribution in [2.45, 2.75) is 29.6 Å². The number of esters is 1. The molecule has 3 nitrogen and oxygen atoms in total. The number of ether oxygens (including phenoxy) is 2. The molecule has 0 aliphatic rings. The number of hydrogen-bond donors (Lipinski definition) is 0. The van der Waals surface area contributed by atoms with Gasteiger partial charge in [0.2, 0.25) is 0 Å². The first kappa shape index (κ1) is 17.7. The van der Waals surface area contributed by atoms with Gasteiger partial charge in [-0.15, -0.1) is 0 Å². The van der Waals surface area contributed by atoms with Crippen LogP contribution in [-0.2, 0) is 9.53 Å². The van der Waals surface area contributed by atoms with Crippen molar-refractivity contribution in [2.75, 3.05) is 6.61 Å². The Bertz CT molecular complexity index is 499. The van der Waals surface area contributed by atoms with Crippen molar-refractivity contribution in [3.8, 4) is 5.75 Å². The summed E-state index contributed by atoms with van der Waals surface area (Å²) in [5, 5.41) is -2.26. The van der Waals surface area contributed by atoms with E-state index < -0.39 is 14.8 Å². The molecular formula is C13H14Cl4O3. The predicted octanol–water partition coefficient (Wildman–Crippen LogP) is 4.55. The first-order valence-corrected chi connectivity index (χ1v) is 7.32. The highest BCUT2D eigenvalue weighted by molar-refractivity contribution is 6.72. The summed E-state index contributed by atoms with van der Waals surface area (Å²) in [6, 6.07) is 5.27. The van der Waals surface area contributed by atoms with Gasteiger partial charge in [0.05, 0.1) is 6.61 Å². The quantitative estimate of drug-likeness (QED) is 0.584. The van der Waals surface area contributed by atoms with Gasteiger partial charge in [0.1, 0.15) is 5.75 Å². The van der Waals surface area contributed by atoms with Gasteiger partial charge in [-0.1, -0.05) is 58.5 Å². The smallest absolute Gasteiger partial charge is 0.371 e. The third kappa shape index (κ3) is 3.64. The fraction of sp³-hybridized carbons (Fsp3) is 0.462. The Morgan fingerprint density at radius 2 is 1.80 bits per heavy atom. The van der Waals surface area contributed by atoms with Gasteiger partial charge in [-0.3, -0.25) is 0 Å². The summed E-state index contributed by atoms with van der Waals surface area (Å²) in [5.41, 5.74) is 1.74. The van der Waals surface area contributed by atoms with Crippen LogP contribution in [0.15, 0.2) is 18.2 Å². The second-order valence-electron chi connectivity index (χ2n) is 4.11. The van der Waals surface area contributed by atoms with Crippen LogP contribution in [-0.4, -0.2) is 21.4 Å². The van der Waals surface area contributed by atoms with Crippen molar-refractivity contribution in [3.63, 3.8) is 0 Å². The van der Waals surface area contributed by atoms with E-state index in [1.807, 2.05) is 19.9 Å². The van der Waals surface area contributed by atoms with Gasteiger partial charge in [0.15, 0.2) is 0 Å². The number of halogens is 4. The maximum Gasteiger partial charge on any atom is 0.371 e. The van der Waals surface area contributed by atoms with Crippen molar-refractivity contribution < 1.29 is 14.3 Å². The van der Waals surface area contributed by atoms with Crippen LogP contribution in [0.1, 0.15) is 18.1 Å². The number of carbonyl (C=O) groups excluding carboxylic acids is 1. The number of aryl methyl sites for hydroxylation is 1. The highest BCUT2D eigenvalue weighted by Gasteiger charge is 2.58. The summed E-state index contributed by atoms with van der Waals surface area (Å²) in [4.78, 5) is 12.0. The average Bonchev–Trinajstić information content (AvgIpc) is 2.33. The van der Waals surface area contributed by atoms with E-state index in [2.05, 4.69) is 0 Å². The molecule has 7 heteroatoms. The highest BCUT2D eigenvalue weighted by atomic mass is 35.6. The van der Waals surface area contributed by atoms with Crippen LogP contribution in [0.5, 0.6) is 5.75 Å². The lowest BCUT2D eigenvalue weighted by Crippen LogP contribution is -2.51. The monoisotopic (exact) mass is 358 g/mol. The average molecular weight is 360 g/mol. The minimum absolute atomic E-state index is 0.0875. The summed E-state index contributed by atoms with van der Waals surface area (Å²) >= 11 is 23.5. The third-order valence-corrected chi connectivity index (χ3v) is 4.31. The van der Waals surface area contributed by atoms with Gasteiger partial charge in [-0.25, -0.2) is 4.79 Å². The van der Waals surface area contributed by atoms with Crippen LogP contribution in [0.2, 0.25) is 0 Å². The highest BCUT2D eigenvalue weighted by Crippen LogP contribution is 2.45. The molecule has 0 heterocycles. The van der Waals surface area contributed by atoms with E-state index in [9.17, 15) is 4.79 Å². The van der Waals surface area contributed by atoms with Crippen LogP contribution < -0.4 is 4.74 Å². The van der Waals surface area contributed by atoms with Gasteiger partial charge in [-0.05, 0) is 38.0 Å². The standard InChI is InChI=1S/C13H14Cl4O3/c1-4-19-11(18)12(14,13(15,16)17)20-10-7-5-6-8(2)9(10)3/h5-7H,4H2,1-3H3. The van der Waals surface area contributed by atoms with Gasteiger partial charge < -0.3 is 9.47 Å². The zero-order valence-electron chi connectivity index (χ0n) is 11.2. The lowest BCUT2D eigenvalue weighted by atomic mass is 10.1. The third-order valence-electron chi connectivity index (χ3n) is 2.71. The van der Waals surface area contributed by atoms with Crippen LogP contribution >= 0.6 is 46.4 Å². The molecule has 0 amide bonds. The molecular weight excluding hydrogens is 346 g/mol. The summed E-state index contributed by atoms with van der Waals surface area (Å²) in [6.45, 7) is 5.40. The summed E-state index contributed by atoms with van der Waals surface area (Å²) < 4.78 is 8.12. The van der Waals surface area contributed by atoms with Crippen LogP contribution in [0.4, 0.5) is 0 Å². The van der Waals surface area contributed by atoms with E-state index >= 15 is 0 Å². The van der Waals surface area contributed by atoms with Crippen molar-refractivity contribution >= 4 is 52.4 Å². The van der Waals surface area contributed by atoms with Crippen LogP contribution in [0.25, 0.3) is 0 Å². The van der Waals surface area contributed by atoms with Gasteiger partial charge >= 0.3 is 11.0 Å². The van der Waals surface area contributed by atoms with E-state index in [-0.39, 0.29) is 6.61 Å². The number of carbonyl (C=O) groups is 1. The largest absolute Gasteiger partial charge is 0.462 e. The van der Waals surface area contributed by atoms with Gasteiger partial charge in [-0.2, -0.15) is 0 Å². The molecule has 1 unspecified atom stereocenters. The minimum atomic E-state index is -2.26. The lowest BCUT2D eigenvalue weighted by Gasteiger charge is -2.32. The Morgan fingerprint density at radius 1 is 1.20 bits per heavy atom. The number of alkyl halides is 4. The zero-order chi connectivity index (χ0) is 15.6. The van der Waals surface area contributed by atoms with E-state index in [1.165, 1.54) is 0 Å². The molecule has 0 saturated carbocycles. The Kier molecular flexibility index (Phi) is 5.85. The SMILES string of the molecule is CCOC(=O)C(Cl)(Oc1cccc(C)c1C)C(Cl)(Cl)Cl. The molecule has 0 radical (unpaired) electrons.